The molecule has 3 aromatic rings. The third-order valence-electron chi connectivity index (χ3n) is 4.41. The third kappa shape index (κ3) is 2.25. The summed E-state index contributed by atoms with van der Waals surface area (Å²) in [6.07, 6.45) is 5.61. The number of rotatable bonds is 3. The van der Waals surface area contributed by atoms with Crippen LogP contribution in [0.5, 0.6) is 0 Å². The second kappa shape index (κ2) is 5.04. The summed E-state index contributed by atoms with van der Waals surface area (Å²) >= 11 is 0. The van der Waals surface area contributed by atoms with Gasteiger partial charge in [0.25, 0.3) is 0 Å². The van der Waals surface area contributed by atoms with Gasteiger partial charge < -0.3 is 10.3 Å². The monoisotopic (exact) mass is 280 g/mol. The van der Waals surface area contributed by atoms with Crippen molar-refractivity contribution in [2.24, 2.45) is 7.05 Å². The van der Waals surface area contributed by atoms with E-state index in [-0.39, 0.29) is 0 Å². The van der Waals surface area contributed by atoms with Crippen molar-refractivity contribution in [3.63, 3.8) is 0 Å². The number of aromatic amines is 1. The molecule has 0 bridgehead atoms. The van der Waals surface area contributed by atoms with Crippen LogP contribution in [0, 0.1) is 0 Å². The van der Waals surface area contributed by atoms with Gasteiger partial charge in [-0.3, -0.25) is 4.68 Å². The molecule has 1 aromatic carbocycles. The summed E-state index contributed by atoms with van der Waals surface area (Å²) in [5, 5.41) is 9.49. The third-order valence-corrected chi connectivity index (χ3v) is 4.41. The standard InChI is InChI=1S/C17H20N4/c1-21-10-9-12(20-21)11-18-16-8-4-6-14-13-5-2-3-7-15(13)19-17(14)16/h2-3,5,7,9-10,16,18-19H,4,6,8,11H2,1H3. The molecule has 4 rings (SSSR count). The van der Waals surface area contributed by atoms with Gasteiger partial charge in [-0.2, -0.15) is 5.10 Å². The van der Waals surface area contributed by atoms with Crippen molar-refractivity contribution < 1.29 is 0 Å². The maximum Gasteiger partial charge on any atom is 0.0762 e. The highest BCUT2D eigenvalue weighted by molar-refractivity contribution is 5.85. The Balaban J connectivity index is 1.61. The molecule has 0 fully saturated rings. The van der Waals surface area contributed by atoms with Gasteiger partial charge in [-0.15, -0.1) is 0 Å². The summed E-state index contributed by atoms with van der Waals surface area (Å²) in [6.45, 7) is 0.820. The highest BCUT2D eigenvalue weighted by Crippen LogP contribution is 2.34. The van der Waals surface area contributed by atoms with E-state index in [1.807, 2.05) is 17.9 Å². The minimum atomic E-state index is 0.406. The largest absolute Gasteiger partial charge is 0.357 e. The molecule has 0 saturated heterocycles. The van der Waals surface area contributed by atoms with Crippen molar-refractivity contribution in [1.82, 2.24) is 20.1 Å². The lowest BCUT2D eigenvalue weighted by Gasteiger charge is -2.23. The van der Waals surface area contributed by atoms with Gasteiger partial charge >= 0.3 is 0 Å². The van der Waals surface area contributed by atoms with Crippen LogP contribution in [0.3, 0.4) is 0 Å². The molecule has 0 aliphatic heterocycles. The Morgan fingerprint density at radius 1 is 1.33 bits per heavy atom. The first-order chi connectivity index (χ1) is 10.3. The maximum atomic E-state index is 4.44. The number of benzene rings is 1. The molecule has 21 heavy (non-hydrogen) atoms. The van der Waals surface area contributed by atoms with Gasteiger partial charge in [-0.25, -0.2) is 0 Å². The first kappa shape index (κ1) is 12.7. The van der Waals surface area contributed by atoms with Gasteiger partial charge in [0.2, 0.25) is 0 Å². The highest BCUT2D eigenvalue weighted by atomic mass is 15.3. The normalized spacial score (nSPS) is 18.0. The Morgan fingerprint density at radius 2 is 2.24 bits per heavy atom. The molecule has 4 heteroatoms. The molecular weight excluding hydrogens is 260 g/mol. The van der Waals surface area contributed by atoms with Gasteiger partial charge in [0, 0.05) is 42.4 Å². The lowest BCUT2D eigenvalue weighted by molar-refractivity contribution is 0.448. The summed E-state index contributed by atoms with van der Waals surface area (Å²) in [5.41, 5.74) is 5.23. The number of nitrogens with one attached hydrogen (secondary N) is 2. The number of H-pyrrole nitrogens is 1. The van der Waals surface area contributed by atoms with Crippen LogP contribution >= 0.6 is 0 Å². The van der Waals surface area contributed by atoms with Crippen LogP contribution in [0.4, 0.5) is 0 Å². The second-order valence-corrected chi connectivity index (χ2v) is 5.87. The predicted molar refractivity (Wildman–Crippen MR) is 84.0 cm³/mol. The zero-order valence-electron chi connectivity index (χ0n) is 12.3. The number of aryl methyl sites for hydroxylation is 2. The van der Waals surface area contributed by atoms with E-state index in [2.05, 4.69) is 45.7 Å². The van der Waals surface area contributed by atoms with Crippen molar-refractivity contribution in [1.29, 1.82) is 0 Å². The van der Waals surface area contributed by atoms with Crippen molar-refractivity contribution in [2.75, 3.05) is 0 Å². The predicted octanol–water partition coefficient (Wildman–Crippen LogP) is 3.07. The Bertz CT molecular complexity index is 768. The van der Waals surface area contributed by atoms with Gasteiger partial charge in [-0.05, 0) is 37.0 Å². The molecule has 1 atom stereocenters. The Morgan fingerprint density at radius 3 is 3.10 bits per heavy atom. The van der Waals surface area contributed by atoms with Crippen LogP contribution in [-0.2, 0) is 20.0 Å². The second-order valence-electron chi connectivity index (χ2n) is 5.87. The highest BCUT2D eigenvalue weighted by Gasteiger charge is 2.23. The van der Waals surface area contributed by atoms with Gasteiger partial charge in [0.1, 0.15) is 0 Å². The average molecular weight is 280 g/mol. The van der Waals surface area contributed by atoms with Crippen LogP contribution in [0.2, 0.25) is 0 Å². The first-order valence-electron chi connectivity index (χ1n) is 7.62. The molecule has 4 nitrogen and oxygen atoms in total. The molecule has 1 aliphatic carbocycles. The maximum absolute atomic E-state index is 4.44. The van der Waals surface area contributed by atoms with E-state index in [0.717, 1.165) is 12.2 Å². The molecule has 0 amide bonds. The van der Waals surface area contributed by atoms with Gasteiger partial charge in [-0.1, -0.05) is 18.2 Å². The van der Waals surface area contributed by atoms with Crippen molar-refractivity contribution in [3.05, 3.63) is 53.5 Å². The van der Waals surface area contributed by atoms with Crippen LogP contribution in [0.15, 0.2) is 36.5 Å². The SMILES string of the molecule is Cn1ccc(CNC2CCCc3c2[nH]c2ccccc32)n1. The molecule has 0 radical (unpaired) electrons. The van der Waals surface area contributed by atoms with Crippen LogP contribution in [0.1, 0.15) is 35.8 Å². The first-order valence-corrected chi connectivity index (χ1v) is 7.62. The Kier molecular flexibility index (Phi) is 3.04. The number of fused-ring (bicyclic) bond motifs is 3. The van der Waals surface area contributed by atoms with Crippen LogP contribution in [-0.4, -0.2) is 14.8 Å². The molecule has 2 heterocycles. The van der Waals surface area contributed by atoms with E-state index >= 15 is 0 Å². The van der Waals surface area contributed by atoms with E-state index < -0.39 is 0 Å². The minimum absolute atomic E-state index is 0.406. The number of para-hydroxylation sites is 1. The topological polar surface area (TPSA) is 45.6 Å². The Labute approximate surface area is 124 Å². The average Bonchev–Trinajstić information content (AvgIpc) is 3.09. The van der Waals surface area contributed by atoms with E-state index in [9.17, 15) is 0 Å². The van der Waals surface area contributed by atoms with E-state index in [4.69, 9.17) is 0 Å². The van der Waals surface area contributed by atoms with Crippen molar-refractivity contribution in [2.45, 2.75) is 31.8 Å². The minimum Gasteiger partial charge on any atom is -0.357 e. The quantitative estimate of drug-likeness (QED) is 0.774. The summed E-state index contributed by atoms with van der Waals surface area (Å²) in [7, 11) is 1.96. The molecule has 2 N–H and O–H groups in total. The fourth-order valence-corrected chi connectivity index (χ4v) is 3.40. The molecule has 0 spiro atoms. The molecule has 0 saturated carbocycles. The Hall–Kier alpha value is -2.07. The van der Waals surface area contributed by atoms with Crippen LogP contribution in [0.25, 0.3) is 10.9 Å². The smallest absolute Gasteiger partial charge is 0.0762 e. The summed E-state index contributed by atoms with van der Waals surface area (Å²) in [6, 6.07) is 11.1. The summed E-state index contributed by atoms with van der Waals surface area (Å²) < 4.78 is 1.85. The lowest BCUT2D eigenvalue weighted by Crippen LogP contribution is -2.25. The van der Waals surface area contributed by atoms with E-state index in [1.165, 1.54) is 41.4 Å². The zero-order valence-corrected chi connectivity index (χ0v) is 12.3. The molecule has 2 aromatic heterocycles. The fourth-order valence-electron chi connectivity index (χ4n) is 3.40. The number of hydrogen-bond acceptors (Lipinski definition) is 2. The number of nitrogens with zero attached hydrogens (tertiary/aromatic N) is 2. The van der Waals surface area contributed by atoms with Crippen molar-refractivity contribution >= 4 is 10.9 Å². The van der Waals surface area contributed by atoms with Crippen LogP contribution < -0.4 is 5.32 Å². The zero-order chi connectivity index (χ0) is 14.2. The summed E-state index contributed by atoms with van der Waals surface area (Å²) in [4.78, 5) is 3.62. The van der Waals surface area contributed by atoms with E-state index in [0.29, 0.717) is 6.04 Å². The number of aromatic nitrogens is 3. The fraction of sp³-hybridized carbons (Fsp3) is 0.353. The molecular formula is C17H20N4. The molecule has 1 unspecified atom stereocenters. The summed E-state index contributed by atoms with van der Waals surface area (Å²) in [5.74, 6) is 0. The van der Waals surface area contributed by atoms with Gasteiger partial charge in [0.15, 0.2) is 0 Å². The van der Waals surface area contributed by atoms with Crippen molar-refractivity contribution in [3.8, 4) is 0 Å². The molecule has 108 valence electrons. The number of hydrogen-bond donors (Lipinski definition) is 2. The molecule has 1 aliphatic rings. The van der Waals surface area contributed by atoms with E-state index in [1.54, 1.807) is 0 Å². The lowest BCUT2D eigenvalue weighted by atomic mass is 9.91. The van der Waals surface area contributed by atoms with Gasteiger partial charge in [0.05, 0.1) is 5.69 Å².